The van der Waals surface area contributed by atoms with E-state index in [0.717, 1.165) is 0 Å². The predicted molar refractivity (Wildman–Crippen MR) is 101 cm³/mol. The highest BCUT2D eigenvalue weighted by Crippen LogP contribution is 2.59. The zero-order valence-corrected chi connectivity index (χ0v) is 17.5. The third kappa shape index (κ3) is 3.17. The Morgan fingerprint density at radius 3 is 2.67 bits per heavy atom. The van der Waals surface area contributed by atoms with E-state index in [4.69, 9.17) is 9.84 Å². The highest BCUT2D eigenvalue weighted by atomic mass is 79.9. The van der Waals surface area contributed by atoms with E-state index in [1.165, 1.54) is 0 Å². The molecule has 8 nitrogen and oxygen atoms in total. The topological polar surface area (TPSA) is 108 Å². The molecule has 0 saturated carbocycles. The summed E-state index contributed by atoms with van der Waals surface area (Å²) in [6.45, 7) is 4.12. The van der Waals surface area contributed by atoms with Crippen LogP contribution in [0.2, 0.25) is 0 Å². The molecule has 3 aliphatic heterocycles. The first-order chi connectivity index (χ1) is 12.8. The Morgan fingerprint density at radius 1 is 1.37 bits per heavy atom. The van der Waals surface area contributed by atoms with E-state index in [0.29, 0.717) is 25.8 Å². The number of unbranched alkanes of at least 4 members (excludes halogenated alkanes) is 1. The molecule has 9 heteroatoms. The van der Waals surface area contributed by atoms with Crippen molar-refractivity contribution in [3.63, 3.8) is 0 Å². The van der Waals surface area contributed by atoms with Crippen LogP contribution in [0.4, 0.5) is 0 Å². The van der Waals surface area contributed by atoms with Crippen LogP contribution in [0, 0.1) is 11.8 Å². The average molecular weight is 446 g/mol. The van der Waals surface area contributed by atoms with Crippen LogP contribution in [-0.4, -0.2) is 76.5 Å². The van der Waals surface area contributed by atoms with Crippen molar-refractivity contribution < 1.29 is 24.2 Å². The quantitative estimate of drug-likeness (QED) is 0.370. The molecule has 0 aromatic carbocycles. The second-order valence-electron chi connectivity index (χ2n) is 7.90. The predicted octanol–water partition coefficient (Wildman–Crippen LogP) is -0.222. The van der Waals surface area contributed by atoms with Crippen molar-refractivity contribution in [2.45, 2.75) is 61.7 Å². The van der Waals surface area contributed by atoms with Gasteiger partial charge in [0, 0.05) is 31.1 Å². The van der Waals surface area contributed by atoms with Crippen molar-refractivity contribution in [2.24, 2.45) is 11.8 Å². The number of carbonyl (C=O) groups excluding carboxylic acids is 3. The maximum atomic E-state index is 13.3. The number of carbonyl (C=O) groups is 3. The number of amides is 3. The van der Waals surface area contributed by atoms with Gasteiger partial charge < -0.3 is 25.4 Å². The molecule has 152 valence electrons. The van der Waals surface area contributed by atoms with Gasteiger partial charge >= 0.3 is 0 Å². The van der Waals surface area contributed by atoms with Crippen LogP contribution in [-0.2, 0) is 19.1 Å². The summed E-state index contributed by atoms with van der Waals surface area (Å²) < 4.78 is 6.27. The second-order valence-corrected chi connectivity index (χ2v) is 9.08. The minimum absolute atomic E-state index is 0.0301. The number of aliphatic hydroxyl groups is 1. The molecule has 3 N–H and O–H groups in total. The Kier molecular flexibility index (Phi) is 5.84. The van der Waals surface area contributed by atoms with Crippen molar-refractivity contribution in [3.8, 4) is 0 Å². The molecule has 0 aliphatic carbocycles. The minimum atomic E-state index is -0.995. The van der Waals surface area contributed by atoms with E-state index in [2.05, 4.69) is 26.6 Å². The molecular formula is C18H28BrN3O5. The number of alkyl halides is 1. The summed E-state index contributed by atoms with van der Waals surface area (Å²) in [6.07, 6.45) is 1.22. The number of halogens is 1. The van der Waals surface area contributed by atoms with E-state index in [9.17, 15) is 14.4 Å². The molecule has 0 radical (unpaired) electrons. The van der Waals surface area contributed by atoms with Crippen molar-refractivity contribution in [3.05, 3.63) is 0 Å². The average Bonchev–Trinajstić information content (AvgIpc) is 3.18. The normalized spacial score (nSPS) is 37.0. The monoisotopic (exact) mass is 445 g/mol. The molecule has 27 heavy (non-hydrogen) atoms. The van der Waals surface area contributed by atoms with Crippen LogP contribution in [0.15, 0.2) is 0 Å². The Labute approximate surface area is 167 Å². The summed E-state index contributed by atoms with van der Waals surface area (Å²) in [5.74, 6) is -1.95. The van der Waals surface area contributed by atoms with Crippen LogP contribution in [0.25, 0.3) is 0 Å². The Balaban J connectivity index is 1.99. The lowest BCUT2D eigenvalue weighted by atomic mass is 9.70. The fourth-order valence-corrected chi connectivity index (χ4v) is 5.84. The van der Waals surface area contributed by atoms with Crippen LogP contribution >= 0.6 is 15.9 Å². The summed E-state index contributed by atoms with van der Waals surface area (Å²) in [7, 11) is 1.55. The molecule has 2 bridgehead atoms. The van der Waals surface area contributed by atoms with Gasteiger partial charge in [0.05, 0.1) is 17.9 Å². The van der Waals surface area contributed by atoms with E-state index >= 15 is 0 Å². The molecular weight excluding hydrogens is 418 g/mol. The molecule has 3 unspecified atom stereocenters. The lowest BCUT2D eigenvalue weighted by Crippen LogP contribution is -2.56. The number of aliphatic hydroxyl groups excluding tert-OH is 1. The number of nitrogens with zero attached hydrogens (tertiary/aromatic N) is 1. The molecule has 3 heterocycles. The maximum Gasteiger partial charge on any atom is 0.246 e. The fourth-order valence-electron chi connectivity index (χ4n) is 4.89. The molecule has 0 aromatic heterocycles. The van der Waals surface area contributed by atoms with E-state index in [-0.39, 0.29) is 35.2 Å². The Bertz CT molecular complexity index is 630. The standard InChI is InChI=1S/C18H28BrN3O5/c1-9(2)21-16(25)14-18-8-10(19)13(27-18)11(15(24)20-3)12(18)17(26)22(14)6-4-5-7-23/h9-14,23H,4-8H2,1-3H3,(H,20,24)(H,21,25)/t10?,11-,12+,13-,14?,18?/m1/s1. The smallest absolute Gasteiger partial charge is 0.246 e. The molecule has 0 aromatic rings. The lowest BCUT2D eigenvalue weighted by molar-refractivity contribution is -0.142. The van der Waals surface area contributed by atoms with Gasteiger partial charge in [-0.2, -0.15) is 0 Å². The van der Waals surface area contributed by atoms with Gasteiger partial charge in [0.2, 0.25) is 17.7 Å². The summed E-state index contributed by atoms with van der Waals surface area (Å²) in [5.41, 5.74) is -0.995. The summed E-state index contributed by atoms with van der Waals surface area (Å²) >= 11 is 3.60. The fraction of sp³-hybridized carbons (Fsp3) is 0.833. The zero-order chi connectivity index (χ0) is 19.9. The van der Waals surface area contributed by atoms with Crippen LogP contribution in [0.3, 0.4) is 0 Å². The van der Waals surface area contributed by atoms with Crippen molar-refractivity contribution in [1.29, 1.82) is 0 Å². The van der Waals surface area contributed by atoms with Crippen molar-refractivity contribution >= 4 is 33.7 Å². The SMILES string of the molecule is CNC(=O)[C@H]1[C@@H]2OC3(CC2Br)C(C(=O)NC(C)C)N(CCCCO)C(=O)[C@H]13. The molecule has 3 aliphatic rings. The van der Waals surface area contributed by atoms with Crippen LogP contribution in [0.5, 0.6) is 0 Å². The highest BCUT2D eigenvalue weighted by Gasteiger charge is 2.76. The number of hydrogen-bond donors (Lipinski definition) is 3. The molecule has 1 spiro atoms. The molecule has 3 rings (SSSR count). The van der Waals surface area contributed by atoms with Gasteiger partial charge in [-0.25, -0.2) is 0 Å². The van der Waals surface area contributed by atoms with Gasteiger partial charge in [0.25, 0.3) is 0 Å². The lowest BCUT2D eigenvalue weighted by Gasteiger charge is -2.34. The first kappa shape index (κ1) is 20.5. The Hall–Kier alpha value is -1.19. The molecule has 3 saturated heterocycles. The first-order valence-electron chi connectivity index (χ1n) is 9.53. The van der Waals surface area contributed by atoms with Crippen LogP contribution in [0.1, 0.15) is 33.1 Å². The number of rotatable bonds is 7. The number of nitrogens with one attached hydrogen (secondary N) is 2. The minimum Gasteiger partial charge on any atom is -0.396 e. The summed E-state index contributed by atoms with van der Waals surface area (Å²) in [5, 5.41) is 14.6. The first-order valence-corrected chi connectivity index (χ1v) is 10.4. The van der Waals surface area contributed by atoms with E-state index in [1.807, 2.05) is 13.8 Å². The van der Waals surface area contributed by atoms with E-state index < -0.39 is 29.6 Å². The zero-order valence-electron chi connectivity index (χ0n) is 15.9. The maximum absolute atomic E-state index is 13.3. The van der Waals surface area contributed by atoms with Crippen molar-refractivity contribution in [2.75, 3.05) is 20.2 Å². The largest absolute Gasteiger partial charge is 0.396 e. The third-order valence-electron chi connectivity index (χ3n) is 5.82. The number of likely N-dealkylation sites (tertiary alicyclic amines) is 1. The number of fused-ring (bicyclic) bond motifs is 1. The summed E-state index contributed by atoms with van der Waals surface area (Å²) in [4.78, 5) is 40.4. The van der Waals surface area contributed by atoms with Gasteiger partial charge in [0.1, 0.15) is 11.6 Å². The van der Waals surface area contributed by atoms with Gasteiger partial charge in [0.15, 0.2) is 0 Å². The number of ether oxygens (including phenoxy) is 1. The van der Waals surface area contributed by atoms with Gasteiger partial charge in [-0.15, -0.1) is 0 Å². The third-order valence-corrected chi connectivity index (χ3v) is 6.67. The van der Waals surface area contributed by atoms with E-state index in [1.54, 1.807) is 11.9 Å². The Morgan fingerprint density at radius 2 is 2.07 bits per heavy atom. The molecule has 3 amide bonds. The van der Waals surface area contributed by atoms with Gasteiger partial charge in [-0.1, -0.05) is 15.9 Å². The summed E-state index contributed by atoms with van der Waals surface area (Å²) in [6, 6.07) is -0.841. The highest BCUT2D eigenvalue weighted by molar-refractivity contribution is 9.09. The second kappa shape index (κ2) is 7.67. The molecule has 3 fully saturated rings. The van der Waals surface area contributed by atoms with Gasteiger partial charge in [-0.05, 0) is 33.1 Å². The van der Waals surface area contributed by atoms with Crippen molar-refractivity contribution in [1.82, 2.24) is 15.5 Å². The van der Waals surface area contributed by atoms with Crippen LogP contribution < -0.4 is 10.6 Å². The number of hydrogen-bond acceptors (Lipinski definition) is 5. The van der Waals surface area contributed by atoms with Gasteiger partial charge in [-0.3, -0.25) is 14.4 Å². The molecule has 6 atom stereocenters.